The van der Waals surface area contributed by atoms with Gasteiger partial charge in [-0.1, -0.05) is 62.3 Å². The molecule has 0 fully saturated rings. The summed E-state index contributed by atoms with van der Waals surface area (Å²) in [5.41, 5.74) is 4.18. The Hall–Kier alpha value is -4.85. The zero-order chi connectivity index (χ0) is 53.9. The molecule has 2 atom stereocenters. The summed E-state index contributed by atoms with van der Waals surface area (Å²) < 4.78 is 26.6. The lowest BCUT2D eigenvalue weighted by Crippen LogP contribution is -2.41. The first kappa shape index (κ1) is 59.7. The number of hydrogen-bond acceptors (Lipinski definition) is 16. The van der Waals surface area contributed by atoms with Gasteiger partial charge in [-0.25, -0.2) is 24.3 Å². The van der Waals surface area contributed by atoms with E-state index in [1.54, 1.807) is 12.3 Å². The maximum absolute atomic E-state index is 14.0. The highest BCUT2D eigenvalue weighted by Gasteiger charge is 2.42. The maximum Gasteiger partial charge on any atom is 0.192 e. The number of carbonyl (C=O) groups excluding carboxylic acids is 2. The number of carbonyl (C=O) groups is 2. The highest BCUT2D eigenvalue weighted by molar-refractivity contribution is 6.74. The molecule has 6 rings (SSSR count). The van der Waals surface area contributed by atoms with Crippen LogP contribution in [0.4, 0.5) is 16.0 Å². The molecule has 0 spiro atoms. The molecule has 0 radical (unpaired) electrons. The zero-order valence-electron chi connectivity index (χ0n) is 46.5. The van der Waals surface area contributed by atoms with Crippen molar-refractivity contribution in [2.75, 3.05) is 91.5 Å². The van der Waals surface area contributed by atoms with Crippen molar-refractivity contribution in [2.45, 2.75) is 131 Å². The summed E-state index contributed by atoms with van der Waals surface area (Å²) in [6, 6.07) is 6.26. The second-order valence-corrected chi connectivity index (χ2v) is 28.4. The average Bonchev–Trinajstić information content (AvgIpc) is 3.83. The molecule has 398 valence electrons. The molecule has 0 bridgehead atoms. The first-order valence-electron chi connectivity index (χ1n) is 25.1. The van der Waals surface area contributed by atoms with Gasteiger partial charge in [0.2, 0.25) is 0 Å². The van der Waals surface area contributed by atoms with Gasteiger partial charge < -0.3 is 39.0 Å². The van der Waals surface area contributed by atoms with Gasteiger partial charge in [0.05, 0.1) is 43.3 Å². The number of nitrogens with zero attached hydrogens (tertiary/aromatic N) is 10. The number of ether oxygens (including phenoxy) is 1. The molecule has 2 N–H and O–H groups in total. The number of anilines is 2. The number of aliphatic hydroxyl groups is 2. The van der Waals surface area contributed by atoms with Gasteiger partial charge in [-0.3, -0.25) is 19.6 Å². The number of Topliss-reactive ketones (excluding diaryl/α,β-unsaturated/α-hetero) is 2. The van der Waals surface area contributed by atoms with Crippen molar-refractivity contribution in [3.8, 4) is 28.8 Å². The Morgan fingerprint density at radius 1 is 0.708 bits per heavy atom. The Bertz CT molecular complexity index is 2430. The molecule has 2 aliphatic carbocycles. The molecule has 4 aromatic rings. The van der Waals surface area contributed by atoms with Crippen LogP contribution in [0.1, 0.15) is 123 Å². The third kappa shape index (κ3) is 18.0. The van der Waals surface area contributed by atoms with Gasteiger partial charge in [0.15, 0.2) is 31.5 Å². The summed E-state index contributed by atoms with van der Waals surface area (Å²) in [7, 11) is 9.55. The highest BCUT2D eigenvalue weighted by atomic mass is 28.4. The fraction of sp³-hybridized carbons (Fsp3) is 0.630. The number of likely N-dealkylation sites (N-methyl/N-ethyl adjacent to an activating group) is 4. The van der Waals surface area contributed by atoms with E-state index in [9.17, 15) is 19.1 Å². The van der Waals surface area contributed by atoms with Crippen LogP contribution in [-0.2, 0) is 26.9 Å². The van der Waals surface area contributed by atoms with Crippen LogP contribution in [-0.4, -0.2) is 151 Å². The van der Waals surface area contributed by atoms with E-state index in [-0.39, 0.29) is 53.2 Å². The van der Waals surface area contributed by atoms with E-state index in [1.807, 2.05) is 63.1 Å². The van der Waals surface area contributed by atoms with Crippen molar-refractivity contribution >= 4 is 31.5 Å². The van der Waals surface area contributed by atoms with Crippen LogP contribution in [0.15, 0.2) is 36.7 Å². The molecular formula is C54H85FN10O6Si. The van der Waals surface area contributed by atoms with Gasteiger partial charge >= 0.3 is 0 Å². The molecule has 16 nitrogen and oxygen atoms in total. The summed E-state index contributed by atoms with van der Waals surface area (Å²) >= 11 is 0. The van der Waals surface area contributed by atoms with E-state index in [0.717, 1.165) is 42.8 Å². The molecule has 0 aliphatic heterocycles. The molecule has 2 aliphatic rings. The molecule has 0 saturated heterocycles. The molecule has 72 heavy (non-hydrogen) atoms. The molecular weight excluding hydrogens is 932 g/mol. The van der Waals surface area contributed by atoms with E-state index in [0.29, 0.717) is 78.4 Å². The van der Waals surface area contributed by atoms with Crippen LogP contribution in [0, 0.1) is 16.6 Å². The van der Waals surface area contributed by atoms with Crippen LogP contribution in [0.5, 0.6) is 5.75 Å². The quantitative estimate of drug-likeness (QED) is 0.0903. The molecule has 0 saturated carbocycles. The summed E-state index contributed by atoms with van der Waals surface area (Å²) in [4.78, 5) is 60.8. The molecule has 0 amide bonds. The Kier molecular flexibility index (Phi) is 21.1. The van der Waals surface area contributed by atoms with Gasteiger partial charge in [-0.15, -0.1) is 0 Å². The fourth-order valence-corrected chi connectivity index (χ4v) is 9.30. The Balaban J connectivity index is 0.000000281. The molecule has 4 heterocycles. The average molecular weight is 1020 g/mol. The Labute approximate surface area is 430 Å². The minimum absolute atomic E-state index is 0.0642. The Morgan fingerprint density at radius 3 is 1.67 bits per heavy atom. The SMILES string of the molecule is CN(C)CCO.CN(C)CCOc1ccnc(-c2nc3c(c(N(C)CC(=O)CC(C)(C)C)n2)CCC3O)c1.CN(CC(=O)CC(C)(C)C)c1nc(-c2cc(F)ccn2)nc2c1CCC2O[Si](C)(C)C(C)(C)C. The lowest BCUT2D eigenvalue weighted by molar-refractivity contribution is -0.120. The lowest BCUT2D eigenvalue weighted by Gasteiger charge is -2.38. The van der Waals surface area contributed by atoms with Gasteiger partial charge in [-0.05, 0) is 95.0 Å². The lowest BCUT2D eigenvalue weighted by atomic mass is 9.90. The normalized spacial score (nSPS) is 15.6. The maximum atomic E-state index is 14.0. The summed E-state index contributed by atoms with van der Waals surface area (Å²) in [5.74, 6) is 2.78. The summed E-state index contributed by atoms with van der Waals surface area (Å²) in [6.07, 6.45) is 6.16. The van der Waals surface area contributed by atoms with Gasteiger partial charge in [-0.2, -0.15) is 0 Å². The largest absolute Gasteiger partial charge is 0.492 e. The third-order valence-corrected chi connectivity index (χ3v) is 17.0. The van der Waals surface area contributed by atoms with E-state index in [4.69, 9.17) is 29.2 Å². The van der Waals surface area contributed by atoms with Crippen LogP contribution in [0.25, 0.3) is 23.0 Å². The molecule has 0 aromatic carbocycles. The highest BCUT2D eigenvalue weighted by Crippen LogP contribution is 2.45. The predicted molar refractivity (Wildman–Crippen MR) is 287 cm³/mol. The number of halogens is 1. The first-order valence-corrected chi connectivity index (χ1v) is 28.0. The number of aliphatic hydroxyl groups excluding tert-OH is 2. The number of fused-ring (bicyclic) bond motifs is 2. The molecule has 18 heteroatoms. The summed E-state index contributed by atoms with van der Waals surface area (Å²) in [5, 5.41) is 18.8. The second-order valence-electron chi connectivity index (χ2n) is 23.6. The van der Waals surface area contributed by atoms with Crippen LogP contribution < -0.4 is 14.5 Å². The van der Waals surface area contributed by atoms with E-state index >= 15 is 0 Å². The van der Waals surface area contributed by atoms with E-state index in [1.165, 1.54) is 18.3 Å². The van der Waals surface area contributed by atoms with Crippen LogP contribution in [0.2, 0.25) is 18.1 Å². The van der Waals surface area contributed by atoms with Crippen molar-refractivity contribution in [1.82, 2.24) is 39.7 Å². The zero-order valence-corrected chi connectivity index (χ0v) is 47.5. The standard InChI is InChI=1S/C26H39FN4O2Si.C24H35N5O3.C4H11NO/c1-25(2,3)15-18(32)16-31(7)24-19-10-11-21(33-34(8,9)26(4,5)6)22(19)29-23(30-24)20-14-17(27)12-13-28-20;1-24(2,3)14-16(30)15-29(6)23-18-7-8-20(31)21(18)26-22(27-23)19-13-17(9-10-25-19)32-12-11-28(4)5;1-5(2)3-4-6/h12-14,21H,10-11,15-16H2,1-9H3;9-10,13,20,31H,7-8,11-12,14-15H2,1-6H3;6H,3-4H2,1-2H3. The number of rotatable bonds is 18. The smallest absolute Gasteiger partial charge is 0.192 e. The first-order chi connectivity index (χ1) is 33.4. The number of ketones is 2. The van der Waals surface area contributed by atoms with Gasteiger partial charge in [0.1, 0.15) is 41.2 Å². The second kappa shape index (κ2) is 25.4. The number of pyridine rings is 2. The van der Waals surface area contributed by atoms with Gasteiger partial charge in [0, 0.05) is 75.7 Å². The van der Waals surface area contributed by atoms with Crippen molar-refractivity contribution in [3.05, 3.63) is 65.0 Å². The molecule has 4 aromatic heterocycles. The van der Waals surface area contributed by atoms with Crippen molar-refractivity contribution in [2.24, 2.45) is 10.8 Å². The minimum Gasteiger partial charge on any atom is -0.492 e. The fourth-order valence-electron chi connectivity index (χ4n) is 8.01. The topological polar surface area (TPSA) is 183 Å². The van der Waals surface area contributed by atoms with Crippen molar-refractivity contribution in [3.63, 3.8) is 0 Å². The van der Waals surface area contributed by atoms with Crippen LogP contribution >= 0.6 is 0 Å². The molecule has 2 unspecified atom stereocenters. The van der Waals surface area contributed by atoms with Crippen molar-refractivity contribution < 1.29 is 33.4 Å². The van der Waals surface area contributed by atoms with Crippen molar-refractivity contribution in [1.29, 1.82) is 0 Å². The van der Waals surface area contributed by atoms with Gasteiger partial charge in [0.25, 0.3) is 0 Å². The van der Waals surface area contributed by atoms with E-state index in [2.05, 4.69) is 95.3 Å². The van der Waals surface area contributed by atoms with Crippen LogP contribution in [0.3, 0.4) is 0 Å². The Morgan fingerprint density at radius 2 is 1.19 bits per heavy atom. The predicted octanol–water partition coefficient (Wildman–Crippen LogP) is 8.57. The summed E-state index contributed by atoms with van der Waals surface area (Å²) in [6.45, 7) is 26.4. The monoisotopic (exact) mass is 1020 g/mol. The minimum atomic E-state index is -2.05. The van der Waals surface area contributed by atoms with E-state index < -0.39 is 20.2 Å². The number of aromatic nitrogens is 6. The third-order valence-electron chi connectivity index (χ3n) is 12.5. The number of hydrogen-bond donors (Lipinski definition) is 2.